The fourth-order valence-electron chi connectivity index (χ4n) is 2.89. The molecule has 4 rings (SSSR count). The van der Waals surface area contributed by atoms with Gasteiger partial charge in [0.15, 0.2) is 18.1 Å². The van der Waals surface area contributed by atoms with E-state index in [-0.39, 0.29) is 31.5 Å². The van der Waals surface area contributed by atoms with E-state index in [0.29, 0.717) is 33.7 Å². The largest absolute Gasteiger partial charge is 0.482 e. The van der Waals surface area contributed by atoms with Gasteiger partial charge in [-0.25, -0.2) is 4.39 Å². The summed E-state index contributed by atoms with van der Waals surface area (Å²) in [6, 6.07) is 14.6. The molecule has 0 radical (unpaired) electrons. The van der Waals surface area contributed by atoms with Crippen molar-refractivity contribution in [3.8, 4) is 23.0 Å². The summed E-state index contributed by atoms with van der Waals surface area (Å²) in [5.41, 5.74) is 2.18. The number of fused-ring (bicyclic) bond motifs is 1. The van der Waals surface area contributed by atoms with Gasteiger partial charge in [0.2, 0.25) is 5.88 Å². The van der Waals surface area contributed by atoms with Crippen molar-refractivity contribution < 1.29 is 18.7 Å². The van der Waals surface area contributed by atoms with Crippen molar-refractivity contribution >= 4 is 23.2 Å². The summed E-state index contributed by atoms with van der Waals surface area (Å²) in [7, 11) is 0. The average Bonchev–Trinajstić information content (AvgIpc) is 3.21. The first-order chi connectivity index (χ1) is 15.5. The first-order valence-electron chi connectivity index (χ1n) is 9.76. The van der Waals surface area contributed by atoms with Crippen molar-refractivity contribution in [2.75, 3.05) is 19.8 Å². The zero-order valence-corrected chi connectivity index (χ0v) is 17.8. The molecule has 2 heterocycles. The number of carbonyl (C=O) groups excluding carboxylic acids is 1. The number of hydrogen-bond acceptors (Lipinski definition) is 6. The van der Waals surface area contributed by atoms with Gasteiger partial charge in [-0.05, 0) is 55.0 Å². The summed E-state index contributed by atoms with van der Waals surface area (Å²) in [6.45, 7) is 2.21. The Balaban J connectivity index is 1.29. The molecule has 10 heteroatoms. The van der Waals surface area contributed by atoms with Crippen LogP contribution >= 0.6 is 11.6 Å². The van der Waals surface area contributed by atoms with Crippen LogP contribution in [-0.4, -0.2) is 45.5 Å². The van der Waals surface area contributed by atoms with E-state index < -0.39 is 0 Å². The van der Waals surface area contributed by atoms with Gasteiger partial charge in [0, 0.05) is 11.6 Å². The molecule has 32 heavy (non-hydrogen) atoms. The fourth-order valence-corrected chi connectivity index (χ4v) is 3.06. The minimum atomic E-state index is -0.339. The van der Waals surface area contributed by atoms with E-state index in [4.69, 9.17) is 21.1 Å². The first-order valence-corrected chi connectivity index (χ1v) is 10.1. The standard InChI is InChI=1S/C22H19ClFN5O3/c1-14-2-7-17(23)18(12-14)32-13-20(30)25-10-11-31-21-9-8-19-26-27-22(29(19)28-21)15-3-5-16(24)6-4-15/h2-9,12H,10-11,13H2,1H3,(H,25,30). The Bertz CT molecular complexity index is 1250. The molecule has 0 fully saturated rings. The third kappa shape index (κ3) is 5.12. The third-order valence-corrected chi connectivity index (χ3v) is 4.77. The number of ether oxygens (including phenoxy) is 2. The lowest BCUT2D eigenvalue weighted by Gasteiger charge is -2.10. The van der Waals surface area contributed by atoms with Crippen LogP contribution in [0.4, 0.5) is 4.39 Å². The normalized spacial score (nSPS) is 10.8. The summed E-state index contributed by atoms with van der Waals surface area (Å²) in [4.78, 5) is 12.0. The molecule has 1 N–H and O–H groups in total. The second-order valence-corrected chi connectivity index (χ2v) is 7.30. The van der Waals surface area contributed by atoms with Gasteiger partial charge in [-0.1, -0.05) is 17.7 Å². The first kappa shape index (κ1) is 21.5. The topological polar surface area (TPSA) is 90.6 Å². The molecule has 2 aromatic carbocycles. The molecule has 2 aromatic heterocycles. The number of aryl methyl sites for hydroxylation is 1. The van der Waals surface area contributed by atoms with Crippen LogP contribution in [0.5, 0.6) is 11.6 Å². The van der Waals surface area contributed by atoms with Crippen molar-refractivity contribution in [1.29, 1.82) is 0 Å². The van der Waals surface area contributed by atoms with Crippen LogP contribution in [-0.2, 0) is 4.79 Å². The number of hydrogen-bond donors (Lipinski definition) is 1. The Hall–Kier alpha value is -3.72. The molecule has 0 aliphatic rings. The van der Waals surface area contributed by atoms with Gasteiger partial charge >= 0.3 is 0 Å². The summed E-state index contributed by atoms with van der Waals surface area (Å²) >= 11 is 6.05. The predicted molar refractivity (Wildman–Crippen MR) is 116 cm³/mol. The molecule has 4 aromatic rings. The van der Waals surface area contributed by atoms with Crippen LogP contribution in [0.15, 0.2) is 54.6 Å². The molecule has 0 bridgehead atoms. The van der Waals surface area contributed by atoms with E-state index in [0.717, 1.165) is 5.56 Å². The Morgan fingerprint density at radius 2 is 1.91 bits per heavy atom. The Labute approximate surface area is 187 Å². The molecule has 0 saturated carbocycles. The summed E-state index contributed by atoms with van der Waals surface area (Å²) in [5, 5.41) is 15.7. The van der Waals surface area contributed by atoms with Crippen LogP contribution in [0.25, 0.3) is 17.0 Å². The highest BCUT2D eigenvalue weighted by Gasteiger charge is 2.11. The van der Waals surface area contributed by atoms with Crippen LogP contribution in [0, 0.1) is 12.7 Å². The van der Waals surface area contributed by atoms with Gasteiger partial charge in [-0.3, -0.25) is 4.79 Å². The van der Waals surface area contributed by atoms with E-state index in [1.807, 2.05) is 13.0 Å². The number of nitrogens with one attached hydrogen (secondary N) is 1. The van der Waals surface area contributed by atoms with Crippen LogP contribution < -0.4 is 14.8 Å². The molecule has 0 saturated heterocycles. The lowest BCUT2D eigenvalue weighted by Crippen LogP contribution is -2.32. The quantitative estimate of drug-likeness (QED) is 0.409. The number of rotatable bonds is 8. The molecule has 1 amide bonds. The Morgan fingerprint density at radius 1 is 1.09 bits per heavy atom. The van der Waals surface area contributed by atoms with Crippen LogP contribution in [0.2, 0.25) is 5.02 Å². The zero-order valence-electron chi connectivity index (χ0n) is 17.1. The molecule has 8 nitrogen and oxygen atoms in total. The number of aromatic nitrogens is 4. The summed E-state index contributed by atoms with van der Waals surface area (Å²) in [6.07, 6.45) is 0. The van der Waals surface area contributed by atoms with E-state index >= 15 is 0 Å². The fraction of sp³-hybridized carbons (Fsp3) is 0.182. The lowest BCUT2D eigenvalue weighted by molar-refractivity contribution is -0.123. The smallest absolute Gasteiger partial charge is 0.258 e. The van der Waals surface area contributed by atoms with Gasteiger partial charge in [0.25, 0.3) is 5.91 Å². The van der Waals surface area contributed by atoms with E-state index in [9.17, 15) is 9.18 Å². The molecule has 164 valence electrons. The van der Waals surface area contributed by atoms with Crippen molar-refractivity contribution in [2.24, 2.45) is 0 Å². The molecule has 0 aliphatic carbocycles. The van der Waals surface area contributed by atoms with Gasteiger partial charge in [-0.15, -0.1) is 15.3 Å². The van der Waals surface area contributed by atoms with Crippen molar-refractivity contribution in [1.82, 2.24) is 25.1 Å². The Morgan fingerprint density at radius 3 is 2.72 bits per heavy atom. The molecule has 0 spiro atoms. The zero-order chi connectivity index (χ0) is 22.5. The van der Waals surface area contributed by atoms with Crippen molar-refractivity contribution in [3.05, 3.63) is 71.0 Å². The number of nitrogens with zero attached hydrogens (tertiary/aromatic N) is 4. The number of benzene rings is 2. The molecule has 0 unspecified atom stereocenters. The van der Waals surface area contributed by atoms with Gasteiger partial charge in [0.05, 0.1) is 11.6 Å². The number of carbonyl (C=O) groups is 1. The minimum Gasteiger partial charge on any atom is -0.482 e. The molecular weight excluding hydrogens is 437 g/mol. The summed E-state index contributed by atoms with van der Waals surface area (Å²) < 4.78 is 25.8. The molecule has 0 atom stereocenters. The van der Waals surface area contributed by atoms with E-state index in [2.05, 4.69) is 20.6 Å². The minimum absolute atomic E-state index is 0.158. The van der Waals surface area contributed by atoms with Crippen LogP contribution in [0.3, 0.4) is 0 Å². The summed E-state index contributed by atoms with van der Waals surface area (Å²) in [5.74, 6) is 0.617. The highest BCUT2D eigenvalue weighted by atomic mass is 35.5. The second-order valence-electron chi connectivity index (χ2n) is 6.89. The molecular formula is C22H19ClFN5O3. The highest BCUT2D eigenvalue weighted by molar-refractivity contribution is 6.32. The van der Waals surface area contributed by atoms with Crippen molar-refractivity contribution in [3.63, 3.8) is 0 Å². The molecule has 0 aliphatic heterocycles. The van der Waals surface area contributed by atoms with Crippen molar-refractivity contribution in [2.45, 2.75) is 6.92 Å². The monoisotopic (exact) mass is 455 g/mol. The van der Waals surface area contributed by atoms with Gasteiger partial charge in [0.1, 0.15) is 18.2 Å². The number of halogens is 2. The van der Waals surface area contributed by atoms with Gasteiger partial charge < -0.3 is 14.8 Å². The maximum atomic E-state index is 13.2. The van der Waals surface area contributed by atoms with E-state index in [1.54, 1.807) is 36.4 Å². The van der Waals surface area contributed by atoms with Gasteiger partial charge in [-0.2, -0.15) is 4.52 Å². The predicted octanol–water partition coefficient (Wildman–Crippen LogP) is 3.47. The van der Waals surface area contributed by atoms with Crippen LogP contribution in [0.1, 0.15) is 5.56 Å². The average molecular weight is 456 g/mol. The third-order valence-electron chi connectivity index (χ3n) is 4.46. The second kappa shape index (κ2) is 9.61. The lowest BCUT2D eigenvalue weighted by atomic mass is 10.2. The highest BCUT2D eigenvalue weighted by Crippen LogP contribution is 2.25. The maximum Gasteiger partial charge on any atom is 0.258 e. The van der Waals surface area contributed by atoms with E-state index in [1.165, 1.54) is 16.6 Å². The Kier molecular flexibility index (Phi) is 6.46. The SMILES string of the molecule is Cc1ccc(Cl)c(OCC(=O)NCCOc2ccc3nnc(-c4ccc(F)cc4)n3n2)c1. The number of amides is 1. The maximum absolute atomic E-state index is 13.2.